The van der Waals surface area contributed by atoms with Crippen LogP contribution < -0.4 is 27.4 Å². The molecule has 0 bridgehead atoms. The van der Waals surface area contributed by atoms with Gasteiger partial charge in [-0.1, -0.05) is 44.2 Å². The summed E-state index contributed by atoms with van der Waals surface area (Å²) in [5.41, 5.74) is 13.3. The molecule has 13 heteroatoms. The smallest absolute Gasteiger partial charge is 0.326 e. The lowest BCUT2D eigenvalue weighted by molar-refractivity contribution is -0.142. The van der Waals surface area contributed by atoms with E-state index in [0.717, 1.165) is 10.9 Å². The number of aromatic hydroxyl groups is 1. The van der Waals surface area contributed by atoms with Crippen LogP contribution in [0.3, 0.4) is 0 Å². The molecule has 3 rings (SSSR count). The number of carbonyl (C=O) groups excluding carboxylic acids is 4. The van der Waals surface area contributed by atoms with E-state index in [9.17, 15) is 34.2 Å². The maximum absolute atomic E-state index is 13.4. The van der Waals surface area contributed by atoms with Gasteiger partial charge in [0.05, 0.1) is 12.5 Å². The minimum absolute atomic E-state index is 0.00410. The molecular formula is C29H36N6O7. The van der Waals surface area contributed by atoms with Crippen LogP contribution in [0.4, 0.5) is 0 Å². The lowest BCUT2D eigenvalue weighted by Crippen LogP contribution is -2.58. The largest absolute Gasteiger partial charge is 0.508 e. The summed E-state index contributed by atoms with van der Waals surface area (Å²) in [7, 11) is 0. The number of hydrogen-bond donors (Lipinski definition) is 8. The van der Waals surface area contributed by atoms with Crippen molar-refractivity contribution < 1.29 is 34.2 Å². The summed E-state index contributed by atoms with van der Waals surface area (Å²) < 4.78 is 0. The van der Waals surface area contributed by atoms with Crippen LogP contribution in [0.5, 0.6) is 5.75 Å². The number of phenols is 1. The molecule has 42 heavy (non-hydrogen) atoms. The number of benzene rings is 2. The Kier molecular flexibility index (Phi) is 10.6. The molecule has 3 aromatic rings. The number of aromatic nitrogens is 1. The van der Waals surface area contributed by atoms with E-state index in [0.29, 0.717) is 11.1 Å². The zero-order valence-corrected chi connectivity index (χ0v) is 23.3. The van der Waals surface area contributed by atoms with Gasteiger partial charge in [-0.15, -0.1) is 0 Å². The number of carbonyl (C=O) groups is 5. The average molecular weight is 581 g/mol. The normalized spacial score (nSPS) is 14.0. The third kappa shape index (κ3) is 8.54. The summed E-state index contributed by atoms with van der Waals surface area (Å²) in [5.74, 6) is -4.84. The van der Waals surface area contributed by atoms with Crippen molar-refractivity contribution in [2.45, 2.75) is 57.3 Å². The van der Waals surface area contributed by atoms with Gasteiger partial charge in [0.2, 0.25) is 23.6 Å². The third-order valence-electron chi connectivity index (χ3n) is 6.78. The van der Waals surface area contributed by atoms with Crippen molar-refractivity contribution in [3.8, 4) is 5.75 Å². The number of aromatic amines is 1. The number of nitrogens with two attached hydrogens (primary N) is 2. The Morgan fingerprint density at radius 3 is 2.05 bits per heavy atom. The van der Waals surface area contributed by atoms with Crippen molar-refractivity contribution >= 4 is 40.5 Å². The summed E-state index contributed by atoms with van der Waals surface area (Å²) in [6.07, 6.45) is 0.914. The maximum atomic E-state index is 13.4. The zero-order valence-electron chi connectivity index (χ0n) is 23.3. The molecule has 2 aromatic carbocycles. The number of fused-ring (bicyclic) bond motifs is 1. The molecule has 4 amide bonds. The molecule has 0 aliphatic rings. The van der Waals surface area contributed by atoms with Crippen LogP contribution in [0.15, 0.2) is 54.7 Å². The summed E-state index contributed by atoms with van der Waals surface area (Å²) in [6, 6.07) is 8.13. The van der Waals surface area contributed by atoms with E-state index < -0.39 is 60.2 Å². The standard InChI is InChI=1S/C29H36N6O7/c1-15(2)25(31)28(40)34-21(11-16-7-9-18(36)10-8-16)26(38)33-22(13-24(30)37)27(39)35-23(29(41)42)12-17-14-32-20-6-4-3-5-19(17)20/h3-10,14-15,21-23,25,32,36H,11-13,31H2,1-2H3,(H2,30,37)(H,33,38)(H,34,40)(H,35,39)(H,41,42). The third-order valence-corrected chi connectivity index (χ3v) is 6.78. The average Bonchev–Trinajstić information content (AvgIpc) is 3.34. The second kappa shape index (κ2) is 14.1. The topological polar surface area (TPSA) is 230 Å². The monoisotopic (exact) mass is 580 g/mol. The molecule has 4 atom stereocenters. The minimum atomic E-state index is -1.53. The number of primary amides is 1. The van der Waals surface area contributed by atoms with Crippen LogP contribution in [0, 0.1) is 5.92 Å². The van der Waals surface area contributed by atoms with E-state index in [-0.39, 0.29) is 24.5 Å². The molecule has 0 fully saturated rings. The molecule has 0 radical (unpaired) electrons. The van der Waals surface area contributed by atoms with Crippen LogP contribution >= 0.6 is 0 Å². The van der Waals surface area contributed by atoms with Crippen LogP contribution in [0.25, 0.3) is 10.9 Å². The van der Waals surface area contributed by atoms with Crippen LogP contribution in [-0.2, 0) is 36.8 Å². The molecule has 13 nitrogen and oxygen atoms in total. The van der Waals surface area contributed by atoms with Gasteiger partial charge in [0.1, 0.15) is 23.9 Å². The van der Waals surface area contributed by atoms with Gasteiger partial charge in [0.15, 0.2) is 0 Å². The van der Waals surface area contributed by atoms with E-state index in [1.807, 2.05) is 18.2 Å². The zero-order chi connectivity index (χ0) is 31.0. The van der Waals surface area contributed by atoms with E-state index >= 15 is 0 Å². The van der Waals surface area contributed by atoms with Gasteiger partial charge < -0.3 is 42.6 Å². The van der Waals surface area contributed by atoms with Crippen molar-refractivity contribution in [2.24, 2.45) is 17.4 Å². The predicted octanol–water partition coefficient (Wildman–Crippen LogP) is 0.0564. The fourth-order valence-corrected chi connectivity index (χ4v) is 4.32. The Morgan fingerprint density at radius 2 is 1.43 bits per heavy atom. The van der Waals surface area contributed by atoms with Crippen molar-refractivity contribution in [3.05, 3.63) is 65.9 Å². The van der Waals surface area contributed by atoms with E-state index in [1.165, 1.54) is 12.1 Å². The summed E-state index contributed by atoms with van der Waals surface area (Å²) in [5, 5.41) is 27.6. The maximum Gasteiger partial charge on any atom is 0.326 e. The highest BCUT2D eigenvalue weighted by Crippen LogP contribution is 2.19. The molecule has 0 saturated heterocycles. The molecule has 0 spiro atoms. The Morgan fingerprint density at radius 1 is 0.833 bits per heavy atom. The highest BCUT2D eigenvalue weighted by molar-refractivity contribution is 5.96. The highest BCUT2D eigenvalue weighted by atomic mass is 16.4. The van der Waals surface area contributed by atoms with Gasteiger partial charge in [0.25, 0.3) is 0 Å². The summed E-state index contributed by atoms with van der Waals surface area (Å²) in [4.78, 5) is 66.3. The van der Waals surface area contributed by atoms with E-state index in [4.69, 9.17) is 11.5 Å². The highest BCUT2D eigenvalue weighted by Gasteiger charge is 2.32. The van der Waals surface area contributed by atoms with Crippen molar-refractivity contribution in [1.29, 1.82) is 0 Å². The lowest BCUT2D eigenvalue weighted by Gasteiger charge is -2.25. The lowest BCUT2D eigenvalue weighted by atomic mass is 10.0. The number of hydrogen-bond acceptors (Lipinski definition) is 7. The van der Waals surface area contributed by atoms with Gasteiger partial charge in [-0.05, 0) is 35.2 Å². The van der Waals surface area contributed by atoms with E-state index in [1.54, 1.807) is 38.2 Å². The first-order chi connectivity index (χ1) is 19.8. The Hall–Kier alpha value is -4.91. The van der Waals surface area contributed by atoms with Crippen molar-refractivity contribution in [2.75, 3.05) is 0 Å². The SMILES string of the molecule is CC(C)C(N)C(=O)NC(Cc1ccc(O)cc1)C(=O)NC(CC(N)=O)C(=O)NC(Cc1c[nH]c2ccccc12)C(=O)O. The van der Waals surface area contributed by atoms with Gasteiger partial charge in [-0.3, -0.25) is 19.2 Å². The first kappa shape index (κ1) is 31.6. The molecule has 1 heterocycles. The molecule has 0 aliphatic carbocycles. The summed E-state index contributed by atoms with van der Waals surface area (Å²) >= 11 is 0. The number of aliphatic carboxylic acids is 1. The Balaban J connectivity index is 1.80. The quantitative estimate of drug-likeness (QED) is 0.130. The van der Waals surface area contributed by atoms with Crippen LogP contribution in [-0.4, -0.2) is 69.0 Å². The molecule has 1 aromatic heterocycles. The number of carboxylic acids is 1. The fraction of sp³-hybridized carbons (Fsp3) is 0.345. The predicted molar refractivity (Wildman–Crippen MR) is 154 cm³/mol. The number of H-pyrrole nitrogens is 1. The number of nitrogens with one attached hydrogen (secondary N) is 4. The second-order valence-corrected chi connectivity index (χ2v) is 10.4. The minimum Gasteiger partial charge on any atom is -0.508 e. The fourth-order valence-electron chi connectivity index (χ4n) is 4.32. The number of para-hydroxylation sites is 1. The molecule has 0 saturated carbocycles. The first-order valence-corrected chi connectivity index (χ1v) is 13.4. The van der Waals surface area contributed by atoms with Crippen LogP contribution in [0.1, 0.15) is 31.4 Å². The van der Waals surface area contributed by atoms with Crippen LogP contribution in [0.2, 0.25) is 0 Å². The first-order valence-electron chi connectivity index (χ1n) is 13.4. The molecular weight excluding hydrogens is 544 g/mol. The molecule has 4 unspecified atom stereocenters. The Labute approximate surface area is 242 Å². The van der Waals surface area contributed by atoms with Gasteiger partial charge >= 0.3 is 5.97 Å². The van der Waals surface area contributed by atoms with Crippen molar-refractivity contribution in [1.82, 2.24) is 20.9 Å². The number of carboxylic acid groups (broad SMARTS) is 1. The van der Waals surface area contributed by atoms with Gasteiger partial charge in [-0.2, -0.15) is 0 Å². The molecule has 0 aliphatic heterocycles. The van der Waals surface area contributed by atoms with Gasteiger partial charge in [0, 0.05) is 29.9 Å². The van der Waals surface area contributed by atoms with Gasteiger partial charge in [-0.25, -0.2) is 4.79 Å². The number of phenolic OH excluding ortho intramolecular Hbond substituents is 1. The van der Waals surface area contributed by atoms with Crippen molar-refractivity contribution in [3.63, 3.8) is 0 Å². The second-order valence-electron chi connectivity index (χ2n) is 10.4. The Bertz CT molecular complexity index is 1440. The molecule has 10 N–H and O–H groups in total. The summed E-state index contributed by atoms with van der Waals surface area (Å²) in [6.45, 7) is 3.48. The number of rotatable bonds is 14. The van der Waals surface area contributed by atoms with E-state index in [2.05, 4.69) is 20.9 Å². The number of amides is 4. The molecule has 224 valence electrons.